The van der Waals surface area contributed by atoms with E-state index in [-0.39, 0.29) is 17.2 Å². The fourth-order valence-electron chi connectivity index (χ4n) is 2.92. The van der Waals surface area contributed by atoms with Crippen LogP contribution in [0.15, 0.2) is 70.6 Å². The molecule has 0 aliphatic carbocycles. The number of benzene rings is 2. The van der Waals surface area contributed by atoms with Gasteiger partial charge in [-0.15, -0.1) is 0 Å². The van der Waals surface area contributed by atoms with Gasteiger partial charge in [-0.1, -0.05) is 60.3 Å². The highest BCUT2D eigenvalue weighted by atomic mass is 32.2. The van der Waals surface area contributed by atoms with E-state index in [2.05, 4.69) is 9.69 Å². The predicted octanol–water partition coefficient (Wildman–Crippen LogP) is 4.27. The molecule has 0 saturated heterocycles. The highest BCUT2D eigenvalue weighted by Gasteiger charge is 2.18. The molecule has 2 heterocycles. The van der Waals surface area contributed by atoms with Gasteiger partial charge in [0.15, 0.2) is 5.16 Å². The van der Waals surface area contributed by atoms with Crippen molar-refractivity contribution < 1.29 is 4.79 Å². The molecule has 0 fully saturated rings. The third-order valence-electron chi connectivity index (χ3n) is 4.30. The number of anilines is 1. The van der Waals surface area contributed by atoms with Crippen LogP contribution in [0.4, 0.5) is 5.69 Å². The lowest BCUT2D eigenvalue weighted by molar-refractivity contribution is -0.113. The molecule has 0 bridgehead atoms. The summed E-state index contributed by atoms with van der Waals surface area (Å²) >= 11 is 2.42. The van der Waals surface area contributed by atoms with Crippen molar-refractivity contribution in [2.24, 2.45) is 0 Å². The molecule has 0 aliphatic heterocycles. The second kappa shape index (κ2) is 8.59. The van der Waals surface area contributed by atoms with Gasteiger partial charge >= 0.3 is 0 Å². The average molecular weight is 423 g/mol. The second-order valence-electron chi connectivity index (χ2n) is 6.22. The first-order valence-corrected chi connectivity index (χ1v) is 10.9. The van der Waals surface area contributed by atoms with E-state index < -0.39 is 0 Å². The van der Waals surface area contributed by atoms with Crippen molar-refractivity contribution in [2.75, 3.05) is 11.1 Å². The monoisotopic (exact) mass is 422 g/mol. The molecule has 0 spiro atoms. The van der Waals surface area contributed by atoms with Gasteiger partial charge < -0.3 is 5.32 Å². The van der Waals surface area contributed by atoms with Crippen molar-refractivity contribution in [3.05, 3.63) is 71.0 Å². The number of carbonyl (C=O) groups excluding carboxylic acids is 1. The first kappa shape index (κ1) is 19.4. The minimum atomic E-state index is -0.148. The van der Waals surface area contributed by atoms with E-state index in [9.17, 15) is 9.59 Å². The van der Waals surface area contributed by atoms with Gasteiger partial charge in [-0.05, 0) is 30.6 Å². The topological polar surface area (TPSA) is 76.9 Å². The molecule has 29 heavy (non-hydrogen) atoms. The molecule has 8 heteroatoms. The van der Waals surface area contributed by atoms with Gasteiger partial charge in [-0.2, -0.15) is 4.37 Å². The second-order valence-corrected chi connectivity index (χ2v) is 7.94. The van der Waals surface area contributed by atoms with Crippen molar-refractivity contribution in [3.8, 4) is 11.3 Å². The first-order chi connectivity index (χ1) is 14.2. The Balaban J connectivity index is 1.64. The molecule has 2 aromatic heterocycles. The first-order valence-electron chi connectivity index (χ1n) is 9.10. The number of hydrogen-bond acceptors (Lipinski definition) is 6. The molecule has 6 nitrogen and oxygen atoms in total. The van der Waals surface area contributed by atoms with Crippen molar-refractivity contribution in [2.45, 2.75) is 18.6 Å². The third kappa shape index (κ3) is 4.08. The molecule has 0 aliphatic rings. The molecule has 0 atom stereocenters. The smallest absolute Gasteiger partial charge is 0.273 e. The van der Waals surface area contributed by atoms with Crippen LogP contribution < -0.4 is 10.9 Å². The summed E-state index contributed by atoms with van der Waals surface area (Å²) in [5.41, 5.74) is 2.81. The van der Waals surface area contributed by atoms with E-state index >= 15 is 0 Å². The molecule has 1 amide bonds. The van der Waals surface area contributed by atoms with Gasteiger partial charge in [0.25, 0.3) is 5.56 Å². The number of fused-ring (bicyclic) bond motifs is 1. The number of carbonyl (C=O) groups is 1. The van der Waals surface area contributed by atoms with Crippen molar-refractivity contribution >= 4 is 45.1 Å². The normalized spacial score (nSPS) is 10.9. The van der Waals surface area contributed by atoms with E-state index in [1.807, 2.05) is 67.6 Å². The van der Waals surface area contributed by atoms with Crippen molar-refractivity contribution in [3.63, 3.8) is 0 Å². The molecular weight excluding hydrogens is 404 g/mol. The lowest BCUT2D eigenvalue weighted by Gasteiger charge is -2.10. The summed E-state index contributed by atoms with van der Waals surface area (Å²) in [6, 6.07) is 19.0. The Kier molecular flexibility index (Phi) is 5.73. The van der Waals surface area contributed by atoms with Crippen LogP contribution in [-0.4, -0.2) is 25.6 Å². The number of hydrogen-bond donors (Lipinski definition) is 1. The summed E-state index contributed by atoms with van der Waals surface area (Å²) in [5, 5.41) is 3.37. The zero-order valence-corrected chi connectivity index (χ0v) is 17.3. The maximum Gasteiger partial charge on any atom is 0.273 e. The maximum absolute atomic E-state index is 12.9. The number of amides is 1. The fourth-order valence-corrected chi connectivity index (χ4v) is 4.57. The molecule has 0 saturated carbocycles. The molecule has 0 unspecified atom stereocenters. The van der Waals surface area contributed by atoms with Crippen LogP contribution in [0, 0.1) is 0 Å². The fraction of sp³-hybridized carbons (Fsp3) is 0.143. The summed E-state index contributed by atoms with van der Waals surface area (Å²) in [4.78, 5) is 30.0. The van der Waals surface area contributed by atoms with E-state index in [0.717, 1.165) is 11.3 Å². The van der Waals surface area contributed by atoms with Crippen LogP contribution in [0.3, 0.4) is 0 Å². The zero-order valence-electron chi connectivity index (χ0n) is 15.7. The maximum atomic E-state index is 12.9. The van der Waals surface area contributed by atoms with Crippen LogP contribution in [0.1, 0.15) is 6.92 Å². The van der Waals surface area contributed by atoms with Gasteiger partial charge in [0.05, 0.1) is 5.75 Å². The number of aromatic nitrogens is 3. The van der Waals surface area contributed by atoms with Crippen LogP contribution >= 0.6 is 23.3 Å². The lowest BCUT2D eigenvalue weighted by atomic mass is 10.1. The van der Waals surface area contributed by atoms with Crippen molar-refractivity contribution in [1.29, 1.82) is 0 Å². The summed E-state index contributed by atoms with van der Waals surface area (Å²) in [5.74, 6) is 0.00960. The summed E-state index contributed by atoms with van der Waals surface area (Å²) in [7, 11) is 0. The van der Waals surface area contributed by atoms with E-state index in [1.165, 1.54) is 23.3 Å². The Morgan fingerprint density at radius 2 is 1.79 bits per heavy atom. The summed E-state index contributed by atoms with van der Waals surface area (Å²) < 4.78 is 6.60. The quantitative estimate of drug-likeness (QED) is 0.371. The van der Waals surface area contributed by atoms with Gasteiger partial charge in [-0.3, -0.25) is 14.2 Å². The van der Waals surface area contributed by atoms with Gasteiger partial charge in [0, 0.05) is 17.8 Å². The third-order valence-corrected chi connectivity index (χ3v) is 6.10. The molecule has 146 valence electrons. The van der Waals surface area contributed by atoms with E-state index in [1.54, 1.807) is 4.57 Å². The molecule has 0 radical (unpaired) electrons. The molecule has 1 N–H and O–H groups in total. The summed E-state index contributed by atoms with van der Waals surface area (Å²) in [6.45, 7) is 2.37. The molecule has 2 aromatic carbocycles. The Hall–Kier alpha value is -2.97. The summed E-state index contributed by atoms with van der Waals surface area (Å²) in [6.07, 6.45) is 0. The van der Waals surface area contributed by atoms with Gasteiger partial charge in [-0.25, -0.2) is 4.98 Å². The van der Waals surface area contributed by atoms with Gasteiger partial charge in [0.2, 0.25) is 5.91 Å². The minimum absolute atomic E-state index is 0.122. The van der Waals surface area contributed by atoms with Gasteiger partial charge in [0.1, 0.15) is 15.9 Å². The van der Waals surface area contributed by atoms with E-state index in [4.69, 9.17) is 4.98 Å². The minimum Gasteiger partial charge on any atom is -0.325 e. The van der Waals surface area contributed by atoms with Crippen LogP contribution in [0.5, 0.6) is 0 Å². The number of para-hydroxylation sites is 1. The lowest BCUT2D eigenvalue weighted by Crippen LogP contribution is -2.22. The number of nitrogens with zero attached hydrogens (tertiary/aromatic N) is 3. The van der Waals surface area contributed by atoms with Crippen LogP contribution in [0.25, 0.3) is 21.5 Å². The Morgan fingerprint density at radius 3 is 2.48 bits per heavy atom. The SMILES string of the molecule is CCn1c(SCC(=O)Nc2ccccc2)nc2c(-c3ccccc3)nsc2c1=O. The number of rotatable bonds is 6. The standard InChI is InChI=1S/C21H18N4O2S2/c1-2-25-20(27)19-18(17(24-29-19)14-9-5-3-6-10-14)23-21(25)28-13-16(26)22-15-11-7-4-8-12-15/h3-12H,2,13H2,1H3,(H,22,26). The number of nitrogens with one attached hydrogen (secondary N) is 1. The zero-order chi connectivity index (χ0) is 20.2. The largest absolute Gasteiger partial charge is 0.325 e. The molecule has 4 rings (SSSR count). The average Bonchev–Trinajstić information content (AvgIpc) is 3.18. The Bertz CT molecular complexity index is 1200. The van der Waals surface area contributed by atoms with Crippen LogP contribution in [0.2, 0.25) is 0 Å². The number of thioether (sulfide) groups is 1. The van der Waals surface area contributed by atoms with E-state index in [0.29, 0.717) is 27.6 Å². The predicted molar refractivity (Wildman–Crippen MR) is 119 cm³/mol. The van der Waals surface area contributed by atoms with Crippen LogP contribution in [-0.2, 0) is 11.3 Å². The van der Waals surface area contributed by atoms with Crippen molar-refractivity contribution in [1.82, 2.24) is 13.9 Å². The Morgan fingerprint density at radius 1 is 1.10 bits per heavy atom. The Labute approximate surface area is 175 Å². The highest BCUT2D eigenvalue weighted by molar-refractivity contribution is 7.99. The molecule has 4 aromatic rings. The molecular formula is C21H18N4O2S2. The highest BCUT2D eigenvalue weighted by Crippen LogP contribution is 2.29.